The number of amidine groups is 1. The quantitative estimate of drug-likeness (QED) is 0.198. The Bertz CT molecular complexity index is 997. The summed E-state index contributed by atoms with van der Waals surface area (Å²) in [6, 6.07) is 22.3. The monoisotopic (exact) mass is 389 g/mol. The first-order valence-corrected chi connectivity index (χ1v) is 9.14. The molecule has 0 heterocycles. The summed E-state index contributed by atoms with van der Waals surface area (Å²) in [5.74, 6) is 6.13. The van der Waals surface area contributed by atoms with Gasteiger partial charge in [-0.2, -0.15) is 0 Å². The minimum absolute atomic E-state index is 0.264. The Morgan fingerprint density at radius 1 is 0.966 bits per heavy atom. The van der Waals surface area contributed by atoms with Crippen molar-refractivity contribution in [3.63, 3.8) is 0 Å². The number of nitrogens with two attached hydrogens (primary N) is 1. The van der Waals surface area contributed by atoms with E-state index in [1.165, 1.54) is 7.11 Å². The Kier molecular flexibility index (Phi) is 6.60. The SMILES string of the molecule is COC(=O)c1ccc(CN=C(NN)c2ccc(Cc3cccc(O)c3)cc2)cc1. The van der Waals surface area contributed by atoms with Gasteiger partial charge in [0.15, 0.2) is 0 Å². The Hall–Kier alpha value is -3.64. The lowest BCUT2D eigenvalue weighted by atomic mass is 10.0. The molecule has 3 rings (SSSR count). The molecule has 6 heteroatoms. The number of carbonyl (C=O) groups excluding carboxylic acids is 1. The van der Waals surface area contributed by atoms with E-state index in [1.54, 1.807) is 24.3 Å². The maximum atomic E-state index is 11.5. The van der Waals surface area contributed by atoms with Gasteiger partial charge in [-0.25, -0.2) is 10.6 Å². The van der Waals surface area contributed by atoms with E-state index >= 15 is 0 Å². The molecule has 0 amide bonds. The summed E-state index contributed by atoms with van der Waals surface area (Å²) in [5, 5.41) is 9.59. The molecule has 0 unspecified atom stereocenters. The highest BCUT2D eigenvalue weighted by atomic mass is 16.5. The van der Waals surface area contributed by atoms with Crippen LogP contribution in [0.5, 0.6) is 5.75 Å². The van der Waals surface area contributed by atoms with Crippen LogP contribution < -0.4 is 11.3 Å². The molecule has 3 aromatic carbocycles. The minimum Gasteiger partial charge on any atom is -0.508 e. The number of carbonyl (C=O) groups is 1. The Balaban J connectivity index is 1.68. The average Bonchev–Trinajstić information content (AvgIpc) is 2.75. The second kappa shape index (κ2) is 9.52. The van der Waals surface area contributed by atoms with Gasteiger partial charge in [0.2, 0.25) is 0 Å². The topological polar surface area (TPSA) is 96.9 Å². The Morgan fingerprint density at radius 3 is 2.24 bits per heavy atom. The van der Waals surface area contributed by atoms with Gasteiger partial charge in [0.1, 0.15) is 11.6 Å². The van der Waals surface area contributed by atoms with Crippen molar-refractivity contribution in [3.8, 4) is 5.75 Å². The molecule has 0 aliphatic heterocycles. The third-order valence-electron chi connectivity index (χ3n) is 4.48. The number of nitrogens with one attached hydrogen (secondary N) is 1. The molecule has 0 fully saturated rings. The number of phenols is 1. The largest absolute Gasteiger partial charge is 0.508 e. The summed E-state index contributed by atoms with van der Waals surface area (Å²) in [4.78, 5) is 16.0. The summed E-state index contributed by atoms with van der Waals surface area (Å²) in [7, 11) is 1.36. The first kappa shape index (κ1) is 20.1. The molecule has 0 bridgehead atoms. The lowest BCUT2D eigenvalue weighted by molar-refractivity contribution is 0.0600. The average molecular weight is 389 g/mol. The molecule has 0 aromatic heterocycles. The second-order valence-corrected chi connectivity index (χ2v) is 6.54. The highest BCUT2D eigenvalue weighted by Gasteiger charge is 2.06. The summed E-state index contributed by atoms with van der Waals surface area (Å²) in [6.07, 6.45) is 0.726. The molecule has 4 N–H and O–H groups in total. The molecule has 0 spiro atoms. The molecule has 3 aromatic rings. The highest BCUT2D eigenvalue weighted by molar-refractivity contribution is 5.98. The van der Waals surface area contributed by atoms with Gasteiger partial charge in [-0.1, -0.05) is 48.5 Å². The third kappa shape index (κ3) is 5.43. The molecular formula is C23H23N3O3. The van der Waals surface area contributed by atoms with Crippen molar-refractivity contribution in [1.82, 2.24) is 5.43 Å². The maximum absolute atomic E-state index is 11.5. The predicted octanol–water partition coefficient (Wildman–Crippen LogP) is 3.18. The van der Waals surface area contributed by atoms with E-state index < -0.39 is 0 Å². The first-order valence-electron chi connectivity index (χ1n) is 9.14. The van der Waals surface area contributed by atoms with Crippen LogP contribution in [0.15, 0.2) is 77.8 Å². The van der Waals surface area contributed by atoms with Gasteiger partial charge < -0.3 is 15.3 Å². The molecule has 0 saturated heterocycles. The maximum Gasteiger partial charge on any atom is 0.337 e. The number of nitrogens with zero attached hydrogens (tertiary/aromatic N) is 1. The van der Waals surface area contributed by atoms with E-state index in [1.807, 2.05) is 48.5 Å². The number of ether oxygens (including phenoxy) is 1. The summed E-state index contributed by atoms with van der Waals surface area (Å²) in [6.45, 7) is 0.423. The fraction of sp³-hybridized carbons (Fsp3) is 0.130. The van der Waals surface area contributed by atoms with Gasteiger partial charge in [-0.15, -0.1) is 0 Å². The van der Waals surface area contributed by atoms with E-state index in [0.717, 1.165) is 28.7 Å². The van der Waals surface area contributed by atoms with Crippen LogP contribution in [0.25, 0.3) is 0 Å². The molecule has 0 aliphatic carbocycles. The number of hydrazine groups is 1. The summed E-state index contributed by atoms with van der Waals surface area (Å²) in [5.41, 5.74) is 7.13. The second-order valence-electron chi connectivity index (χ2n) is 6.54. The summed E-state index contributed by atoms with van der Waals surface area (Å²) >= 11 is 0. The zero-order valence-electron chi connectivity index (χ0n) is 16.1. The van der Waals surface area contributed by atoms with Crippen LogP contribution in [0, 0.1) is 0 Å². The van der Waals surface area contributed by atoms with E-state index in [9.17, 15) is 9.90 Å². The fourth-order valence-corrected chi connectivity index (χ4v) is 2.94. The van der Waals surface area contributed by atoms with E-state index in [4.69, 9.17) is 10.6 Å². The van der Waals surface area contributed by atoms with Crippen molar-refractivity contribution in [2.24, 2.45) is 10.8 Å². The van der Waals surface area contributed by atoms with E-state index in [0.29, 0.717) is 17.9 Å². The van der Waals surface area contributed by atoms with Gasteiger partial charge >= 0.3 is 5.97 Å². The van der Waals surface area contributed by atoms with Crippen LogP contribution in [0.3, 0.4) is 0 Å². The van der Waals surface area contributed by atoms with Gasteiger partial charge in [0.25, 0.3) is 0 Å². The van der Waals surface area contributed by atoms with Crippen molar-refractivity contribution in [1.29, 1.82) is 0 Å². The zero-order chi connectivity index (χ0) is 20.6. The number of aliphatic imine (C=N–C) groups is 1. The molecule has 6 nitrogen and oxygen atoms in total. The number of methoxy groups -OCH3 is 1. The molecule has 0 aliphatic rings. The smallest absolute Gasteiger partial charge is 0.337 e. The molecule has 0 radical (unpaired) electrons. The Labute approximate surface area is 169 Å². The van der Waals surface area contributed by atoms with Crippen LogP contribution in [0.2, 0.25) is 0 Å². The van der Waals surface area contributed by atoms with Crippen molar-refractivity contribution in [3.05, 3.63) is 101 Å². The number of hydrogen-bond donors (Lipinski definition) is 3. The lowest BCUT2D eigenvalue weighted by Gasteiger charge is -2.08. The van der Waals surface area contributed by atoms with E-state index in [-0.39, 0.29) is 11.7 Å². The van der Waals surface area contributed by atoms with Gasteiger partial charge in [-0.3, -0.25) is 4.99 Å². The van der Waals surface area contributed by atoms with E-state index in [2.05, 4.69) is 10.4 Å². The van der Waals surface area contributed by atoms with Crippen molar-refractivity contribution >= 4 is 11.8 Å². The van der Waals surface area contributed by atoms with Crippen LogP contribution in [-0.4, -0.2) is 24.0 Å². The van der Waals surface area contributed by atoms with Crippen LogP contribution in [0.1, 0.15) is 32.6 Å². The number of aromatic hydroxyl groups is 1. The normalized spacial score (nSPS) is 11.2. The van der Waals surface area contributed by atoms with Crippen LogP contribution in [-0.2, 0) is 17.7 Å². The molecule has 148 valence electrons. The number of hydrogen-bond acceptors (Lipinski definition) is 5. The number of benzene rings is 3. The Morgan fingerprint density at radius 2 is 1.62 bits per heavy atom. The molecular weight excluding hydrogens is 366 g/mol. The summed E-state index contributed by atoms with van der Waals surface area (Å²) < 4.78 is 4.70. The third-order valence-corrected chi connectivity index (χ3v) is 4.48. The van der Waals surface area contributed by atoms with Crippen LogP contribution >= 0.6 is 0 Å². The first-order chi connectivity index (χ1) is 14.1. The van der Waals surface area contributed by atoms with Crippen molar-refractivity contribution in [2.45, 2.75) is 13.0 Å². The number of rotatable bonds is 6. The standard InChI is InChI=1S/C23H23N3O3/c1-29-23(28)20-11-7-17(8-12-20)15-25-22(26-24)19-9-5-16(6-10-19)13-18-3-2-4-21(27)14-18/h2-12,14,27H,13,15,24H2,1H3,(H,25,26). The molecule has 0 saturated carbocycles. The van der Waals surface area contributed by atoms with Crippen molar-refractivity contribution < 1.29 is 14.6 Å². The fourth-order valence-electron chi connectivity index (χ4n) is 2.94. The van der Waals surface area contributed by atoms with Gasteiger partial charge in [0, 0.05) is 5.56 Å². The molecule has 0 atom stereocenters. The van der Waals surface area contributed by atoms with Crippen molar-refractivity contribution in [2.75, 3.05) is 7.11 Å². The lowest BCUT2D eigenvalue weighted by Crippen LogP contribution is -2.31. The number of phenolic OH excluding ortho intramolecular Hbond substituents is 1. The number of esters is 1. The van der Waals surface area contributed by atoms with Crippen LogP contribution in [0.4, 0.5) is 0 Å². The minimum atomic E-state index is -0.366. The van der Waals surface area contributed by atoms with Gasteiger partial charge in [-0.05, 0) is 47.4 Å². The molecule has 29 heavy (non-hydrogen) atoms. The van der Waals surface area contributed by atoms with Gasteiger partial charge in [0.05, 0.1) is 19.2 Å². The predicted molar refractivity (Wildman–Crippen MR) is 113 cm³/mol. The zero-order valence-corrected chi connectivity index (χ0v) is 16.1. The highest BCUT2D eigenvalue weighted by Crippen LogP contribution is 2.16.